The minimum absolute atomic E-state index is 0.0417. The Balaban J connectivity index is 2.11. The topological polar surface area (TPSA) is 41.1 Å². The molecule has 0 radical (unpaired) electrons. The molecule has 1 aliphatic rings. The van der Waals surface area contributed by atoms with Gasteiger partial charge in [-0.25, -0.2) is 4.39 Å². The Labute approximate surface area is 119 Å². The Morgan fingerprint density at radius 3 is 2.71 bits per heavy atom. The van der Waals surface area contributed by atoms with Crippen molar-refractivity contribution >= 4 is 11.6 Å². The highest BCUT2D eigenvalue weighted by atomic mass is 19.4. The molecule has 2 atom stereocenters. The summed E-state index contributed by atoms with van der Waals surface area (Å²) in [7, 11) is 0. The van der Waals surface area contributed by atoms with Crippen molar-refractivity contribution in [3.05, 3.63) is 29.6 Å². The molecule has 0 aromatic heterocycles. The predicted molar refractivity (Wildman–Crippen MR) is 70.2 cm³/mol. The Bertz CT molecular complexity index is 530. The fourth-order valence-electron chi connectivity index (χ4n) is 2.43. The van der Waals surface area contributed by atoms with Crippen molar-refractivity contribution in [2.75, 3.05) is 11.9 Å². The van der Waals surface area contributed by atoms with Gasteiger partial charge in [0.05, 0.1) is 5.56 Å². The Kier molecular flexibility index (Phi) is 4.51. The minimum atomic E-state index is -4.78. The maximum absolute atomic E-state index is 13.2. The van der Waals surface area contributed by atoms with Gasteiger partial charge in [-0.05, 0) is 44.5 Å². The molecule has 1 aliphatic heterocycles. The Morgan fingerprint density at radius 1 is 1.38 bits per heavy atom. The zero-order chi connectivity index (χ0) is 15.6. The molecule has 0 saturated carbocycles. The molecule has 1 saturated heterocycles. The van der Waals surface area contributed by atoms with Gasteiger partial charge in [-0.1, -0.05) is 0 Å². The number of anilines is 1. The van der Waals surface area contributed by atoms with Crippen LogP contribution in [0.25, 0.3) is 0 Å². The van der Waals surface area contributed by atoms with Gasteiger partial charge in [0.15, 0.2) is 0 Å². The summed E-state index contributed by atoms with van der Waals surface area (Å²) in [5.41, 5.74) is -1.42. The molecular formula is C14H16F4N2O. The maximum atomic E-state index is 13.2. The van der Waals surface area contributed by atoms with Crippen molar-refractivity contribution in [1.29, 1.82) is 0 Å². The van der Waals surface area contributed by atoms with Gasteiger partial charge >= 0.3 is 6.18 Å². The van der Waals surface area contributed by atoms with Crippen molar-refractivity contribution in [3.8, 4) is 0 Å². The predicted octanol–water partition coefficient (Wildman–Crippen LogP) is 3.17. The lowest BCUT2D eigenvalue weighted by Crippen LogP contribution is -2.40. The third-order valence-electron chi connectivity index (χ3n) is 3.53. The fraction of sp³-hybridized carbons (Fsp3) is 0.500. The summed E-state index contributed by atoms with van der Waals surface area (Å²) in [6.45, 7) is 2.63. The second kappa shape index (κ2) is 6.01. The van der Waals surface area contributed by atoms with Crippen molar-refractivity contribution < 1.29 is 22.4 Å². The molecular weight excluding hydrogens is 288 g/mol. The average molecular weight is 304 g/mol. The number of alkyl halides is 3. The maximum Gasteiger partial charge on any atom is 0.419 e. The van der Waals surface area contributed by atoms with Crippen LogP contribution in [0, 0.1) is 11.7 Å². The van der Waals surface area contributed by atoms with E-state index in [1.165, 1.54) is 0 Å². The van der Waals surface area contributed by atoms with Crippen LogP contribution in [0.4, 0.5) is 23.2 Å². The standard InChI is InChI=1S/C14H16F4N2O/c1-8-6-9(4-5-19-8)13(21)20-10-2-3-12(15)11(7-10)14(16,17)18/h2-3,7-9,19H,4-6H2,1H3,(H,20,21). The minimum Gasteiger partial charge on any atom is -0.326 e. The molecule has 1 fully saturated rings. The molecule has 2 unspecified atom stereocenters. The molecule has 0 spiro atoms. The van der Waals surface area contributed by atoms with Crippen LogP contribution in [0.3, 0.4) is 0 Å². The van der Waals surface area contributed by atoms with Crippen LogP contribution < -0.4 is 10.6 Å². The van der Waals surface area contributed by atoms with Crippen molar-refractivity contribution in [1.82, 2.24) is 5.32 Å². The number of rotatable bonds is 2. The van der Waals surface area contributed by atoms with E-state index >= 15 is 0 Å². The Morgan fingerprint density at radius 2 is 2.10 bits per heavy atom. The van der Waals surface area contributed by atoms with Gasteiger partial charge in [0.25, 0.3) is 0 Å². The van der Waals surface area contributed by atoms with Crippen LogP contribution in [-0.2, 0) is 11.0 Å². The summed E-state index contributed by atoms with van der Waals surface area (Å²) in [6, 6.07) is 2.65. The zero-order valence-corrected chi connectivity index (χ0v) is 11.4. The molecule has 7 heteroatoms. The molecule has 0 bridgehead atoms. The smallest absolute Gasteiger partial charge is 0.326 e. The highest BCUT2D eigenvalue weighted by Gasteiger charge is 2.34. The second-order valence-corrected chi connectivity index (χ2v) is 5.26. The van der Waals surface area contributed by atoms with Gasteiger partial charge in [-0.15, -0.1) is 0 Å². The van der Waals surface area contributed by atoms with Crippen LogP contribution in [0.1, 0.15) is 25.3 Å². The molecule has 1 aromatic carbocycles. The van der Waals surface area contributed by atoms with Crippen LogP contribution in [0.2, 0.25) is 0 Å². The normalized spacial score (nSPS) is 22.9. The highest BCUT2D eigenvalue weighted by molar-refractivity contribution is 5.92. The van der Waals surface area contributed by atoms with Gasteiger partial charge in [-0.2, -0.15) is 13.2 Å². The number of benzene rings is 1. The lowest BCUT2D eigenvalue weighted by Gasteiger charge is -2.27. The van der Waals surface area contributed by atoms with E-state index in [0.717, 1.165) is 6.07 Å². The first-order valence-electron chi connectivity index (χ1n) is 6.68. The largest absolute Gasteiger partial charge is 0.419 e. The van der Waals surface area contributed by atoms with Gasteiger partial charge in [-0.3, -0.25) is 4.79 Å². The number of piperidine rings is 1. The lowest BCUT2D eigenvalue weighted by atomic mass is 9.92. The van der Waals surface area contributed by atoms with Crippen LogP contribution in [0.15, 0.2) is 18.2 Å². The monoisotopic (exact) mass is 304 g/mol. The first kappa shape index (κ1) is 15.8. The molecule has 3 nitrogen and oxygen atoms in total. The second-order valence-electron chi connectivity index (χ2n) is 5.26. The quantitative estimate of drug-likeness (QED) is 0.824. The first-order valence-corrected chi connectivity index (χ1v) is 6.68. The van der Waals surface area contributed by atoms with E-state index < -0.39 is 17.6 Å². The third-order valence-corrected chi connectivity index (χ3v) is 3.53. The van der Waals surface area contributed by atoms with Crippen molar-refractivity contribution in [3.63, 3.8) is 0 Å². The number of halogens is 4. The molecule has 0 aliphatic carbocycles. The molecule has 1 aromatic rings. The summed E-state index contributed by atoms with van der Waals surface area (Å²) in [4.78, 5) is 12.0. The number of hydrogen-bond acceptors (Lipinski definition) is 2. The number of nitrogens with one attached hydrogen (secondary N) is 2. The summed E-state index contributed by atoms with van der Waals surface area (Å²) in [5, 5.41) is 5.63. The molecule has 1 heterocycles. The summed E-state index contributed by atoms with van der Waals surface area (Å²) in [6.07, 6.45) is -3.53. The van der Waals surface area contributed by atoms with E-state index in [-0.39, 0.29) is 23.6 Å². The van der Waals surface area contributed by atoms with Crippen molar-refractivity contribution in [2.24, 2.45) is 5.92 Å². The van der Waals surface area contributed by atoms with Gasteiger partial charge in [0.2, 0.25) is 5.91 Å². The zero-order valence-electron chi connectivity index (χ0n) is 11.4. The SMILES string of the molecule is CC1CC(C(=O)Nc2ccc(F)c(C(F)(F)F)c2)CCN1. The van der Waals surface area contributed by atoms with E-state index in [4.69, 9.17) is 0 Å². The fourth-order valence-corrected chi connectivity index (χ4v) is 2.43. The van der Waals surface area contributed by atoms with E-state index in [1.54, 1.807) is 0 Å². The summed E-state index contributed by atoms with van der Waals surface area (Å²) in [5.74, 6) is -1.93. The van der Waals surface area contributed by atoms with E-state index in [9.17, 15) is 22.4 Å². The van der Waals surface area contributed by atoms with Gasteiger partial charge in [0, 0.05) is 17.6 Å². The van der Waals surface area contributed by atoms with Crippen LogP contribution in [-0.4, -0.2) is 18.5 Å². The third kappa shape index (κ3) is 3.93. The average Bonchev–Trinajstić information content (AvgIpc) is 2.39. The number of hydrogen-bond donors (Lipinski definition) is 2. The first-order chi connectivity index (χ1) is 9.77. The van der Waals surface area contributed by atoms with Crippen molar-refractivity contribution in [2.45, 2.75) is 32.0 Å². The highest BCUT2D eigenvalue weighted by Crippen LogP contribution is 2.33. The van der Waals surface area contributed by atoms with Crippen LogP contribution >= 0.6 is 0 Å². The molecule has 2 rings (SSSR count). The summed E-state index contributed by atoms with van der Waals surface area (Å²) < 4.78 is 51.0. The molecule has 21 heavy (non-hydrogen) atoms. The number of carbonyl (C=O) groups is 1. The summed E-state index contributed by atoms with van der Waals surface area (Å²) >= 11 is 0. The number of amides is 1. The van der Waals surface area contributed by atoms with Crippen LogP contribution in [0.5, 0.6) is 0 Å². The van der Waals surface area contributed by atoms with Gasteiger partial charge < -0.3 is 10.6 Å². The van der Waals surface area contributed by atoms with E-state index in [0.29, 0.717) is 31.5 Å². The molecule has 116 valence electrons. The van der Waals surface area contributed by atoms with E-state index in [2.05, 4.69) is 10.6 Å². The van der Waals surface area contributed by atoms with E-state index in [1.807, 2.05) is 6.92 Å². The Hall–Kier alpha value is -1.63. The van der Waals surface area contributed by atoms with Gasteiger partial charge in [0.1, 0.15) is 5.82 Å². The lowest BCUT2D eigenvalue weighted by molar-refractivity contribution is -0.140. The molecule has 2 N–H and O–H groups in total. The molecule has 1 amide bonds. The number of carbonyl (C=O) groups excluding carboxylic acids is 1.